The third-order valence-electron chi connectivity index (χ3n) is 5.35. The van der Waals surface area contributed by atoms with Gasteiger partial charge in [0.2, 0.25) is 0 Å². The Hall–Kier alpha value is -3.05. The minimum absolute atomic E-state index is 0.0364. The standard InChI is InChI=1S/C20H22F3N7O/c1-31-16-9-10-17(30-19(20(21,22)23)26-27-28-30)25-15(16)12-29-11-5-8-14(24)18(29)13-6-3-2-4-7-13/h2-4,6-7,9-10,14,18H,5,8,11-12,24H2,1H3/t14-,18-/m0/s1. The van der Waals surface area contributed by atoms with Crippen LogP contribution in [0.2, 0.25) is 0 Å². The van der Waals surface area contributed by atoms with Crippen LogP contribution in [0.4, 0.5) is 13.2 Å². The van der Waals surface area contributed by atoms with Crippen molar-refractivity contribution in [3.63, 3.8) is 0 Å². The largest absolute Gasteiger partial charge is 0.495 e. The normalized spacial score (nSPS) is 20.0. The maximum atomic E-state index is 13.2. The van der Waals surface area contributed by atoms with Gasteiger partial charge >= 0.3 is 6.18 Å². The van der Waals surface area contributed by atoms with Crippen LogP contribution in [-0.4, -0.2) is 49.8 Å². The van der Waals surface area contributed by atoms with Crippen LogP contribution in [0.3, 0.4) is 0 Å². The summed E-state index contributed by atoms with van der Waals surface area (Å²) in [6, 6.07) is 12.8. The Morgan fingerprint density at radius 2 is 1.94 bits per heavy atom. The Morgan fingerprint density at radius 3 is 2.65 bits per heavy atom. The number of alkyl halides is 3. The van der Waals surface area contributed by atoms with Crippen LogP contribution in [0, 0.1) is 0 Å². The van der Waals surface area contributed by atoms with Crippen molar-refractivity contribution in [2.75, 3.05) is 13.7 Å². The molecule has 0 radical (unpaired) electrons. The summed E-state index contributed by atoms with van der Waals surface area (Å²) in [4.78, 5) is 6.60. The zero-order valence-corrected chi connectivity index (χ0v) is 16.8. The number of halogens is 3. The SMILES string of the molecule is COc1ccc(-n2nnnc2C(F)(F)F)nc1CN1CCC[C@H](N)[C@@H]1c1ccccc1. The molecule has 0 bridgehead atoms. The summed E-state index contributed by atoms with van der Waals surface area (Å²) < 4.78 is 45.7. The second-order valence-electron chi connectivity index (χ2n) is 7.36. The van der Waals surface area contributed by atoms with Gasteiger partial charge in [-0.15, -0.1) is 5.10 Å². The number of pyridine rings is 1. The lowest BCUT2D eigenvalue weighted by Crippen LogP contribution is -2.45. The highest BCUT2D eigenvalue weighted by molar-refractivity contribution is 5.35. The minimum Gasteiger partial charge on any atom is -0.495 e. The first-order valence-corrected chi connectivity index (χ1v) is 9.83. The van der Waals surface area contributed by atoms with Crippen LogP contribution in [0.1, 0.15) is 36.0 Å². The van der Waals surface area contributed by atoms with Crippen LogP contribution in [0.5, 0.6) is 5.75 Å². The number of tetrazole rings is 1. The fraction of sp³-hybridized carbons (Fsp3) is 0.400. The average Bonchev–Trinajstić information content (AvgIpc) is 3.25. The highest BCUT2D eigenvalue weighted by Crippen LogP contribution is 2.33. The van der Waals surface area contributed by atoms with Gasteiger partial charge in [-0.05, 0) is 47.5 Å². The van der Waals surface area contributed by atoms with E-state index in [-0.39, 0.29) is 17.9 Å². The molecular weight excluding hydrogens is 411 g/mol. The van der Waals surface area contributed by atoms with Gasteiger partial charge in [-0.25, -0.2) is 4.98 Å². The van der Waals surface area contributed by atoms with Crippen LogP contribution in [-0.2, 0) is 12.7 Å². The van der Waals surface area contributed by atoms with Gasteiger partial charge in [-0.1, -0.05) is 30.3 Å². The summed E-state index contributed by atoms with van der Waals surface area (Å²) in [5, 5.41) is 9.72. The van der Waals surface area contributed by atoms with Crippen molar-refractivity contribution in [1.82, 2.24) is 30.1 Å². The molecular formula is C20H22F3N7O. The first-order valence-electron chi connectivity index (χ1n) is 9.83. The summed E-state index contributed by atoms with van der Waals surface area (Å²) in [5.41, 5.74) is 8.02. The molecule has 2 N–H and O–H groups in total. The number of likely N-dealkylation sites (tertiary alicyclic amines) is 1. The lowest BCUT2D eigenvalue weighted by Gasteiger charge is -2.40. The van der Waals surface area contributed by atoms with E-state index in [1.807, 2.05) is 30.3 Å². The summed E-state index contributed by atoms with van der Waals surface area (Å²) in [6.07, 6.45) is -2.90. The Labute approximate surface area is 176 Å². The maximum Gasteiger partial charge on any atom is 0.453 e. The van der Waals surface area contributed by atoms with Gasteiger partial charge in [-0.2, -0.15) is 17.9 Å². The molecule has 3 aromatic rings. The number of ether oxygens (including phenoxy) is 1. The van der Waals surface area contributed by atoms with Gasteiger partial charge in [0.15, 0.2) is 5.82 Å². The first kappa shape index (κ1) is 21.2. The van der Waals surface area contributed by atoms with E-state index in [9.17, 15) is 13.2 Å². The van der Waals surface area contributed by atoms with E-state index in [2.05, 4.69) is 25.4 Å². The van der Waals surface area contributed by atoms with E-state index in [0.717, 1.165) is 24.9 Å². The van der Waals surface area contributed by atoms with E-state index in [0.29, 0.717) is 22.7 Å². The van der Waals surface area contributed by atoms with Gasteiger partial charge in [0.1, 0.15) is 5.75 Å². The van der Waals surface area contributed by atoms with Crippen molar-refractivity contribution in [2.24, 2.45) is 5.73 Å². The Balaban J connectivity index is 1.69. The Bertz CT molecular complexity index is 1030. The number of benzene rings is 1. The van der Waals surface area contributed by atoms with E-state index in [1.165, 1.54) is 13.2 Å². The second-order valence-corrected chi connectivity index (χ2v) is 7.36. The maximum absolute atomic E-state index is 13.2. The van der Waals surface area contributed by atoms with Gasteiger partial charge < -0.3 is 10.5 Å². The number of nitrogens with zero attached hydrogens (tertiary/aromatic N) is 6. The molecule has 0 amide bonds. The highest BCUT2D eigenvalue weighted by atomic mass is 19.4. The summed E-state index contributed by atoms with van der Waals surface area (Å²) in [6.45, 7) is 1.13. The molecule has 2 aromatic heterocycles. The molecule has 1 fully saturated rings. The molecule has 0 aliphatic carbocycles. The molecule has 3 heterocycles. The van der Waals surface area contributed by atoms with Gasteiger partial charge in [-0.3, -0.25) is 4.90 Å². The lowest BCUT2D eigenvalue weighted by molar-refractivity contribution is -0.146. The van der Waals surface area contributed by atoms with Crippen molar-refractivity contribution < 1.29 is 17.9 Å². The monoisotopic (exact) mass is 433 g/mol. The number of nitrogens with two attached hydrogens (primary N) is 1. The zero-order chi connectivity index (χ0) is 22.0. The molecule has 4 rings (SSSR count). The summed E-state index contributed by atoms with van der Waals surface area (Å²) >= 11 is 0. The van der Waals surface area contributed by atoms with Gasteiger partial charge in [0.05, 0.1) is 18.8 Å². The van der Waals surface area contributed by atoms with Crippen LogP contribution >= 0.6 is 0 Å². The summed E-state index contributed by atoms with van der Waals surface area (Å²) in [5.74, 6) is -0.805. The minimum atomic E-state index is -4.71. The molecule has 8 nitrogen and oxygen atoms in total. The molecule has 1 aliphatic rings. The number of hydrogen-bond donors (Lipinski definition) is 1. The second kappa shape index (κ2) is 8.60. The molecule has 11 heteroatoms. The number of hydrogen-bond acceptors (Lipinski definition) is 7. The quantitative estimate of drug-likeness (QED) is 0.661. The predicted molar refractivity (Wildman–Crippen MR) is 105 cm³/mol. The van der Waals surface area contributed by atoms with E-state index < -0.39 is 12.0 Å². The van der Waals surface area contributed by atoms with Gasteiger partial charge in [0, 0.05) is 12.6 Å². The molecule has 0 unspecified atom stereocenters. The molecule has 1 saturated heterocycles. The van der Waals surface area contributed by atoms with Gasteiger partial charge in [0.25, 0.3) is 5.82 Å². The van der Waals surface area contributed by atoms with Crippen molar-refractivity contribution in [3.05, 3.63) is 59.5 Å². The lowest BCUT2D eigenvalue weighted by atomic mass is 9.91. The molecule has 1 aliphatic heterocycles. The number of aromatic nitrogens is 5. The molecule has 0 saturated carbocycles. The molecule has 31 heavy (non-hydrogen) atoms. The fourth-order valence-electron chi connectivity index (χ4n) is 3.99. The number of methoxy groups -OCH3 is 1. The average molecular weight is 433 g/mol. The van der Waals surface area contributed by atoms with Crippen molar-refractivity contribution in [2.45, 2.75) is 37.6 Å². The number of piperidine rings is 1. The smallest absolute Gasteiger partial charge is 0.453 e. The van der Waals surface area contributed by atoms with Crippen molar-refractivity contribution >= 4 is 0 Å². The Kier molecular flexibility index (Phi) is 5.88. The van der Waals surface area contributed by atoms with E-state index in [1.54, 1.807) is 6.07 Å². The van der Waals surface area contributed by atoms with Crippen molar-refractivity contribution in [1.29, 1.82) is 0 Å². The van der Waals surface area contributed by atoms with Crippen LogP contribution in [0.25, 0.3) is 5.82 Å². The van der Waals surface area contributed by atoms with Crippen molar-refractivity contribution in [3.8, 4) is 11.6 Å². The van der Waals surface area contributed by atoms with Crippen LogP contribution in [0.15, 0.2) is 42.5 Å². The number of rotatable bonds is 5. The van der Waals surface area contributed by atoms with E-state index >= 15 is 0 Å². The third kappa shape index (κ3) is 4.37. The molecule has 2 atom stereocenters. The van der Waals surface area contributed by atoms with Crippen LogP contribution < -0.4 is 10.5 Å². The first-order chi connectivity index (χ1) is 14.9. The fourth-order valence-corrected chi connectivity index (χ4v) is 3.99. The van der Waals surface area contributed by atoms with E-state index in [4.69, 9.17) is 10.5 Å². The topological polar surface area (TPSA) is 95.0 Å². The predicted octanol–water partition coefficient (Wildman–Crippen LogP) is 2.75. The molecule has 1 aromatic carbocycles. The third-order valence-corrected chi connectivity index (χ3v) is 5.35. The molecule has 164 valence electrons. The highest BCUT2D eigenvalue weighted by Gasteiger charge is 2.39. The summed E-state index contributed by atoms with van der Waals surface area (Å²) in [7, 11) is 1.50. The Morgan fingerprint density at radius 1 is 1.16 bits per heavy atom. The molecule has 0 spiro atoms. The zero-order valence-electron chi connectivity index (χ0n) is 16.8.